The van der Waals surface area contributed by atoms with Gasteiger partial charge in [0, 0.05) is 25.0 Å². The van der Waals surface area contributed by atoms with Crippen molar-refractivity contribution in [3.05, 3.63) is 60.0 Å². The van der Waals surface area contributed by atoms with Gasteiger partial charge in [0.25, 0.3) is 5.91 Å². The van der Waals surface area contributed by atoms with Crippen LogP contribution in [0.4, 0.5) is 0 Å². The van der Waals surface area contributed by atoms with E-state index in [1.54, 1.807) is 54.3 Å². The van der Waals surface area contributed by atoms with E-state index in [0.717, 1.165) is 0 Å². The quantitative estimate of drug-likeness (QED) is 0.768. The maximum atomic E-state index is 11.7. The summed E-state index contributed by atoms with van der Waals surface area (Å²) < 4.78 is 1.71. The van der Waals surface area contributed by atoms with E-state index < -0.39 is 0 Å². The molecule has 0 fully saturated rings. The van der Waals surface area contributed by atoms with Crippen LogP contribution in [0.2, 0.25) is 0 Å². The second-order valence-corrected chi connectivity index (χ2v) is 3.45. The molecule has 1 aromatic carbocycles. The monoisotopic (exact) mass is 228 g/mol. The molecule has 0 atom stereocenters. The number of carbonyl (C=O) groups is 1. The third-order valence-electron chi connectivity index (χ3n) is 2.19. The van der Waals surface area contributed by atoms with Crippen LogP contribution >= 0.6 is 0 Å². The van der Waals surface area contributed by atoms with Gasteiger partial charge >= 0.3 is 0 Å². The number of nitrogens with one attached hydrogen (secondary N) is 1. The smallest absolute Gasteiger partial charge is 0.271 e. The molecule has 1 heterocycles. The predicted molar refractivity (Wildman–Crippen MR) is 62.7 cm³/mol. The molecule has 0 aliphatic heterocycles. The topological polar surface area (TPSA) is 59.3 Å². The van der Waals surface area contributed by atoms with E-state index >= 15 is 0 Å². The van der Waals surface area contributed by atoms with Crippen molar-refractivity contribution in [2.75, 3.05) is 0 Å². The molecule has 0 aliphatic carbocycles. The third kappa shape index (κ3) is 2.78. The van der Waals surface area contributed by atoms with Crippen molar-refractivity contribution < 1.29 is 4.79 Å². The van der Waals surface area contributed by atoms with E-state index in [4.69, 9.17) is 0 Å². The fourth-order valence-corrected chi connectivity index (χ4v) is 1.30. The Morgan fingerprint density at radius 2 is 2.06 bits per heavy atom. The minimum atomic E-state index is -0.253. The van der Waals surface area contributed by atoms with Gasteiger partial charge in [-0.1, -0.05) is 18.2 Å². The van der Waals surface area contributed by atoms with Crippen molar-refractivity contribution in [1.29, 1.82) is 0 Å². The molecule has 0 bridgehead atoms. The molecule has 0 spiro atoms. The standard InChI is InChI=1S/C12H12N4O/c1-16-9-5-8-13-12(16)15-14-11(17)10-6-3-2-4-7-10/h2-9H,1H3,(H,14,17)/b15-12+. The number of amides is 1. The fraction of sp³-hybridized carbons (Fsp3) is 0.0833. The van der Waals surface area contributed by atoms with Crippen LogP contribution in [0.1, 0.15) is 10.4 Å². The highest BCUT2D eigenvalue weighted by molar-refractivity contribution is 5.93. The summed E-state index contributed by atoms with van der Waals surface area (Å²) in [4.78, 5) is 15.7. The van der Waals surface area contributed by atoms with Crippen LogP contribution in [-0.4, -0.2) is 15.5 Å². The van der Waals surface area contributed by atoms with Gasteiger partial charge in [-0.3, -0.25) is 4.79 Å². The minimum absolute atomic E-state index is 0.253. The van der Waals surface area contributed by atoms with Gasteiger partial charge in [0.2, 0.25) is 5.62 Å². The number of aryl methyl sites for hydroxylation is 1. The first-order valence-corrected chi connectivity index (χ1v) is 5.14. The van der Waals surface area contributed by atoms with E-state index in [1.165, 1.54) is 0 Å². The maximum Gasteiger partial charge on any atom is 0.271 e. The highest BCUT2D eigenvalue weighted by atomic mass is 16.2. The van der Waals surface area contributed by atoms with Crippen LogP contribution in [0.25, 0.3) is 0 Å². The van der Waals surface area contributed by atoms with E-state index in [0.29, 0.717) is 11.2 Å². The fourth-order valence-electron chi connectivity index (χ4n) is 1.30. The average molecular weight is 228 g/mol. The molecule has 0 saturated carbocycles. The maximum absolute atomic E-state index is 11.7. The number of hydrogen-bond acceptors (Lipinski definition) is 3. The SMILES string of the molecule is Cn1cccn/c1=N\NC(=O)c1ccccc1. The Balaban J connectivity index is 2.17. The van der Waals surface area contributed by atoms with E-state index in [2.05, 4.69) is 15.5 Å². The highest BCUT2D eigenvalue weighted by Gasteiger charge is 2.01. The molecule has 1 N–H and O–H groups in total. The van der Waals surface area contributed by atoms with Gasteiger partial charge in [-0.15, -0.1) is 5.10 Å². The summed E-state index contributed by atoms with van der Waals surface area (Å²) >= 11 is 0. The molecular formula is C12H12N4O. The Morgan fingerprint density at radius 3 is 2.76 bits per heavy atom. The Labute approximate surface area is 98.4 Å². The summed E-state index contributed by atoms with van der Waals surface area (Å²) in [5, 5.41) is 3.93. The molecule has 1 aromatic heterocycles. The molecular weight excluding hydrogens is 216 g/mol. The molecule has 0 aliphatic rings. The number of hydrogen-bond donors (Lipinski definition) is 1. The van der Waals surface area contributed by atoms with E-state index in [9.17, 15) is 4.79 Å². The van der Waals surface area contributed by atoms with Gasteiger partial charge in [0.05, 0.1) is 0 Å². The largest absolute Gasteiger partial charge is 0.319 e. The van der Waals surface area contributed by atoms with Crippen molar-refractivity contribution in [1.82, 2.24) is 15.0 Å². The highest BCUT2D eigenvalue weighted by Crippen LogP contribution is 1.96. The van der Waals surface area contributed by atoms with Gasteiger partial charge in [-0.05, 0) is 18.2 Å². The second-order valence-electron chi connectivity index (χ2n) is 3.45. The molecule has 5 nitrogen and oxygen atoms in total. The summed E-state index contributed by atoms with van der Waals surface area (Å²) in [6.07, 6.45) is 3.42. The normalized spacial score (nSPS) is 11.2. The zero-order valence-electron chi connectivity index (χ0n) is 9.37. The zero-order chi connectivity index (χ0) is 12.1. The lowest BCUT2D eigenvalue weighted by Crippen LogP contribution is -2.27. The summed E-state index contributed by atoms with van der Waals surface area (Å²) in [6.45, 7) is 0. The van der Waals surface area contributed by atoms with Gasteiger partial charge in [-0.2, -0.15) is 0 Å². The van der Waals surface area contributed by atoms with E-state index in [-0.39, 0.29) is 5.91 Å². The van der Waals surface area contributed by atoms with Crippen molar-refractivity contribution >= 4 is 5.91 Å². The van der Waals surface area contributed by atoms with Crippen LogP contribution in [-0.2, 0) is 7.05 Å². The molecule has 0 saturated heterocycles. The van der Waals surface area contributed by atoms with Crippen LogP contribution in [0.15, 0.2) is 53.9 Å². The zero-order valence-corrected chi connectivity index (χ0v) is 9.37. The van der Waals surface area contributed by atoms with Crippen molar-refractivity contribution in [2.45, 2.75) is 0 Å². The predicted octanol–water partition coefficient (Wildman–Crippen LogP) is 0.666. The lowest BCUT2D eigenvalue weighted by atomic mass is 10.2. The van der Waals surface area contributed by atoms with Gasteiger partial charge in [-0.25, -0.2) is 10.4 Å². The van der Waals surface area contributed by atoms with Crippen LogP contribution in [0.5, 0.6) is 0 Å². The van der Waals surface area contributed by atoms with Crippen molar-refractivity contribution in [2.24, 2.45) is 12.1 Å². The number of aromatic nitrogens is 2. The first kappa shape index (κ1) is 11.1. The number of carbonyl (C=O) groups excluding carboxylic acids is 1. The van der Waals surface area contributed by atoms with Crippen LogP contribution in [0, 0.1) is 0 Å². The molecule has 2 aromatic rings. The Bertz CT molecular complexity index is 574. The lowest BCUT2D eigenvalue weighted by molar-refractivity contribution is 0.0952. The number of rotatable bonds is 2. The Kier molecular flexibility index (Phi) is 3.30. The molecule has 0 unspecified atom stereocenters. The first-order valence-electron chi connectivity index (χ1n) is 5.14. The van der Waals surface area contributed by atoms with Crippen LogP contribution < -0.4 is 11.0 Å². The van der Waals surface area contributed by atoms with Gasteiger partial charge in [0.1, 0.15) is 0 Å². The molecule has 2 rings (SSSR count). The first-order chi connectivity index (χ1) is 8.27. The summed E-state index contributed by atoms with van der Waals surface area (Å²) in [5.74, 6) is -0.253. The number of nitrogens with zero attached hydrogens (tertiary/aromatic N) is 3. The average Bonchev–Trinajstić information content (AvgIpc) is 2.38. The Hall–Kier alpha value is -2.43. The number of benzene rings is 1. The van der Waals surface area contributed by atoms with E-state index in [1.807, 2.05) is 6.07 Å². The third-order valence-corrected chi connectivity index (χ3v) is 2.19. The summed E-state index contributed by atoms with van der Waals surface area (Å²) in [7, 11) is 1.81. The van der Waals surface area contributed by atoms with Crippen LogP contribution in [0.3, 0.4) is 0 Å². The Morgan fingerprint density at radius 1 is 1.29 bits per heavy atom. The molecule has 1 amide bonds. The molecule has 0 radical (unpaired) electrons. The molecule has 5 heteroatoms. The van der Waals surface area contributed by atoms with Gasteiger partial charge < -0.3 is 4.57 Å². The van der Waals surface area contributed by atoms with Crippen molar-refractivity contribution in [3.8, 4) is 0 Å². The molecule has 86 valence electrons. The summed E-state index contributed by atoms with van der Waals surface area (Å²) in [6, 6.07) is 10.7. The minimum Gasteiger partial charge on any atom is -0.319 e. The summed E-state index contributed by atoms with van der Waals surface area (Å²) in [5.41, 5.74) is 3.46. The van der Waals surface area contributed by atoms with Crippen molar-refractivity contribution in [3.63, 3.8) is 0 Å². The van der Waals surface area contributed by atoms with Gasteiger partial charge in [0.15, 0.2) is 0 Å². The second kappa shape index (κ2) is 5.07. The molecule has 17 heavy (non-hydrogen) atoms. The lowest BCUT2D eigenvalue weighted by Gasteiger charge is -2.00.